The molecule has 1 fully saturated rings. The number of likely N-dealkylation sites (tertiary alicyclic amines) is 1. The highest BCUT2D eigenvalue weighted by atomic mass is 19.1. The fourth-order valence-electron chi connectivity index (χ4n) is 4.01. The maximum Gasteiger partial charge on any atom is 0.222 e. The first-order chi connectivity index (χ1) is 13.5. The van der Waals surface area contributed by atoms with Crippen LogP contribution in [0.4, 0.5) is 4.39 Å². The first-order valence-corrected chi connectivity index (χ1v) is 9.92. The molecule has 1 aliphatic rings. The second-order valence-corrected chi connectivity index (χ2v) is 7.51. The van der Waals surface area contributed by atoms with Crippen molar-refractivity contribution in [3.05, 3.63) is 53.1 Å². The molecule has 1 aromatic carbocycles. The van der Waals surface area contributed by atoms with E-state index in [4.69, 9.17) is 0 Å². The van der Waals surface area contributed by atoms with Crippen LogP contribution < -0.4 is 0 Å². The molecule has 1 amide bonds. The number of piperidine rings is 1. The minimum Gasteiger partial charge on any atom is -0.343 e. The second-order valence-electron chi connectivity index (χ2n) is 7.51. The normalized spacial score (nSPS) is 14.6. The molecule has 0 saturated carbocycles. The van der Waals surface area contributed by atoms with Crippen LogP contribution in [0, 0.1) is 19.7 Å². The molecule has 0 N–H and O–H groups in total. The third-order valence-corrected chi connectivity index (χ3v) is 5.58. The number of fused-ring (bicyclic) bond motifs is 1. The van der Waals surface area contributed by atoms with Gasteiger partial charge in [0.05, 0.1) is 5.69 Å². The van der Waals surface area contributed by atoms with Crippen LogP contribution in [-0.4, -0.2) is 38.5 Å². The molecule has 0 aliphatic carbocycles. The third-order valence-electron chi connectivity index (χ3n) is 5.58. The minimum atomic E-state index is -0.285. The van der Waals surface area contributed by atoms with E-state index in [-0.39, 0.29) is 11.7 Å². The first-order valence-electron chi connectivity index (χ1n) is 9.92. The molecule has 6 heteroatoms. The highest BCUT2D eigenvalue weighted by molar-refractivity contribution is 5.76. The lowest BCUT2D eigenvalue weighted by Crippen LogP contribution is -2.35. The second kappa shape index (κ2) is 7.70. The lowest BCUT2D eigenvalue weighted by Gasteiger charge is -2.26. The summed E-state index contributed by atoms with van der Waals surface area (Å²) < 4.78 is 15.4. The number of aromatic nitrogens is 3. The number of benzene rings is 1. The van der Waals surface area contributed by atoms with Gasteiger partial charge in [0.25, 0.3) is 0 Å². The Balaban J connectivity index is 1.59. The Morgan fingerprint density at radius 2 is 1.93 bits per heavy atom. The topological polar surface area (TPSA) is 50.5 Å². The number of carbonyl (C=O) groups excluding carboxylic acids is 1. The summed E-state index contributed by atoms with van der Waals surface area (Å²) in [6, 6.07) is 8.28. The highest BCUT2D eigenvalue weighted by Crippen LogP contribution is 2.23. The van der Waals surface area contributed by atoms with Gasteiger partial charge < -0.3 is 4.90 Å². The average molecular weight is 380 g/mol. The lowest BCUT2D eigenvalue weighted by atomic mass is 10.0. The highest BCUT2D eigenvalue weighted by Gasteiger charge is 2.18. The molecule has 146 valence electrons. The maximum absolute atomic E-state index is 13.6. The number of nitrogens with zero attached hydrogens (tertiary/aromatic N) is 4. The monoisotopic (exact) mass is 380 g/mol. The summed E-state index contributed by atoms with van der Waals surface area (Å²) in [5.41, 5.74) is 5.12. The molecule has 0 spiro atoms. The van der Waals surface area contributed by atoms with Crippen LogP contribution in [0.25, 0.3) is 16.9 Å². The number of halogens is 1. The molecule has 28 heavy (non-hydrogen) atoms. The van der Waals surface area contributed by atoms with Crippen molar-refractivity contribution in [3.8, 4) is 11.3 Å². The van der Waals surface area contributed by atoms with E-state index in [0.29, 0.717) is 18.5 Å². The molecule has 0 bridgehead atoms. The zero-order valence-corrected chi connectivity index (χ0v) is 16.4. The van der Waals surface area contributed by atoms with Crippen molar-refractivity contribution in [2.24, 2.45) is 0 Å². The van der Waals surface area contributed by atoms with E-state index in [0.717, 1.165) is 54.1 Å². The van der Waals surface area contributed by atoms with Crippen LogP contribution in [-0.2, 0) is 11.2 Å². The quantitative estimate of drug-likeness (QED) is 0.685. The van der Waals surface area contributed by atoms with Gasteiger partial charge in [-0.15, -0.1) is 0 Å². The SMILES string of the molecule is Cc1nc2cc(-c3cccc(F)c3)nn2c(C)c1CCC(=O)N1CCCCC1. The Kier molecular flexibility index (Phi) is 5.11. The standard InChI is InChI=1S/C22H25FN4O/c1-15-19(9-10-22(28)26-11-4-3-5-12-26)16(2)27-21(24-15)14-20(25-27)17-7-6-8-18(23)13-17/h6-8,13-14H,3-5,9-12H2,1-2H3. The molecule has 5 nitrogen and oxygen atoms in total. The third kappa shape index (κ3) is 3.63. The summed E-state index contributed by atoms with van der Waals surface area (Å²) in [6.07, 6.45) is 4.58. The van der Waals surface area contributed by atoms with Gasteiger partial charge in [-0.2, -0.15) is 5.10 Å². The Morgan fingerprint density at radius 1 is 1.14 bits per heavy atom. The predicted molar refractivity (Wildman–Crippen MR) is 107 cm³/mol. The lowest BCUT2D eigenvalue weighted by molar-refractivity contribution is -0.132. The van der Waals surface area contributed by atoms with Gasteiger partial charge in [0, 0.05) is 42.5 Å². The van der Waals surface area contributed by atoms with E-state index in [9.17, 15) is 9.18 Å². The smallest absolute Gasteiger partial charge is 0.222 e. The molecule has 3 heterocycles. The van der Waals surface area contributed by atoms with E-state index >= 15 is 0 Å². The van der Waals surface area contributed by atoms with Crippen molar-refractivity contribution < 1.29 is 9.18 Å². The zero-order valence-electron chi connectivity index (χ0n) is 16.4. The summed E-state index contributed by atoms with van der Waals surface area (Å²) in [4.78, 5) is 19.2. The predicted octanol–water partition coefficient (Wildman–Crippen LogP) is 4.10. The van der Waals surface area contributed by atoms with E-state index < -0.39 is 0 Å². The molecular formula is C22H25FN4O. The van der Waals surface area contributed by atoms with Crippen LogP contribution >= 0.6 is 0 Å². The van der Waals surface area contributed by atoms with E-state index in [1.165, 1.54) is 18.6 Å². The van der Waals surface area contributed by atoms with E-state index in [2.05, 4.69) is 10.1 Å². The molecule has 2 aromatic heterocycles. The van der Waals surface area contributed by atoms with E-state index in [1.807, 2.05) is 30.9 Å². The fourth-order valence-corrected chi connectivity index (χ4v) is 4.01. The largest absolute Gasteiger partial charge is 0.343 e. The average Bonchev–Trinajstić information content (AvgIpc) is 3.12. The molecule has 0 atom stereocenters. The molecule has 3 aromatic rings. The van der Waals surface area contributed by atoms with Crippen molar-refractivity contribution >= 4 is 11.6 Å². The van der Waals surface area contributed by atoms with Crippen molar-refractivity contribution in [1.82, 2.24) is 19.5 Å². The molecule has 1 aliphatic heterocycles. The van der Waals surface area contributed by atoms with Crippen LogP contribution in [0.15, 0.2) is 30.3 Å². The zero-order chi connectivity index (χ0) is 19.7. The van der Waals surface area contributed by atoms with Gasteiger partial charge in [-0.25, -0.2) is 13.9 Å². The number of hydrogen-bond acceptors (Lipinski definition) is 3. The van der Waals surface area contributed by atoms with Gasteiger partial charge in [0.1, 0.15) is 5.82 Å². The summed E-state index contributed by atoms with van der Waals surface area (Å²) in [7, 11) is 0. The molecular weight excluding hydrogens is 355 g/mol. The van der Waals surface area contributed by atoms with Gasteiger partial charge >= 0.3 is 0 Å². The number of amides is 1. The first kappa shape index (κ1) is 18.6. The van der Waals surface area contributed by atoms with E-state index in [1.54, 1.807) is 10.6 Å². The van der Waals surface area contributed by atoms with Crippen molar-refractivity contribution in [2.75, 3.05) is 13.1 Å². The minimum absolute atomic E-state index is 0.222. The Morgan fingerprint density at radius 3 is 2.68 bits per heavy atom. The van der Waals surface area contributed by atoms with Crippen LogP contribution in [0.5, 0.6) is 0 Å². The number of rotatable bonds is 4. The Bertz CT molecular complexity index is 1020. The summed E-state index contributed by atoms with van der Waals surface area (Å²) >= 11 is 0. The Labute approximate surface area is 164 Å². The van der Waals surface area contributed by atoms with Crippen molar-refractivity contribution in [2.45, 2.75) is 46.0 Å². The molecule has 4 rings (SSSR count). The maximum atomic E-state index is 13.6. The number of aryl methyl sites for hydroxylation is 2. The fraction of sp³-hybridized carbons (Fsp3) is 0.409. The van der Waals surface area contributed by atoms with Crippen LogP contribution in [0.2, 0.25) is 0 Å². The van der Waals surface area contributed by atoms with Crippen LogP contribution in [0.1, 0.15) is 42.6 Å². The molecule has 1 saturated heterocycles. The van der Waals surface area contributed by atoms with Gasteiger partial charge in [-0.3, -0.25) is 4.79 Å². The van der Waals surface area contributed by atoms with Crippen molar-refractivity contribution in [1.29, 1.82) is 0 Å². The summed E-state index contributed by atoms with van der Waals surface area (Å²) in [6.45, 7) is 5.74. The molecule has 0 radical (unpaired) electrons. The summed E-state index contributed by atoms with van der Waals surface area (Å²) in [5.74, 6) is -0.0631. The number of carbonyl (C=O) groups is 1. The molecule has 0 unspecified atom stereocenters. The Hall–Kier alpha value is -2.76. The van der Waals surface area contributed by atoms with Gasteiger partial charge in [0.2, 0.25) is 5.91 Å². The summed E-state index contributed by atoms with van der Waals surface area (Å²) in [5, 5.41) is 4.63. The van der Waals surface area contributed by atoms with Gasteiger partial charge in [-0.1, -0.05) is 12.1 Å². The number of hydrogen-bond donors (Lipinski definition) is 0. The van der Waals surface area contributed by atoms with Gasteiger partial charge in [-0.05, 0) is 57.2 Å². The van der Waals surface area contributed by atoms with Gasteiger partial charge in [0.15, 0.2) is 5.65 Å². The van der Waals surface area contributed by atoms with Crippen LogP contribution in [0.3, 0.4) is 0 Å². The van der Waals surface area contributed by atoms with Crippen molar-refractivity contribution in [3.63, 3.8) is 0 Å².